The van der Waals surface area contributed by atoms with Gasteiger partial charge in [-0.2, -0.15) is 0 Å². The standard InChI is InChI=1S/6C2H4O2.2Eu/c6*1-2(3)4;;/h6*1H3,(H,3,4);;/q;;;;;;2*+3/p-6. The Bertz CT molecular complexity index is 265. The summed E-state index contributed by atoms with van der Waals surface area (Å²) in [7, 11) is 0. The third-order valence-electron chi connectivity index (χ3n) is 0. The molecule has 0 N–H and O–H groups in total. The molecule has 0 radical (unpaired) electrons. The number of hydrogen-bond acceptors (Lipinski definition) is 12. The van der Waals surface area contributed by atoms with Crippen molar-refractivity contribution in [3.05, 3.63) is 0 Å². The van der Waals surface area contributed by atoms with Crippen molar-refractivity contribution in [1.29, 1.82) is 0 Å². The monoisotopic (exact) mass is 660 g/mol. The number of carbonyl (C=O) groups excluding carboxylic acids is 6. The summed E-state index contributed by atoms with van der Waals surface area (Å²) in [5.41, 5.74) is 0. The molecule has 0 aliphatic carbocycles. The number of aliphatic carboxylic acids is 6. The van der Waals surface area contributed by atoms with E-state index in [1.54, 1.807) is 0 Å². The molecule has 0 heterocycles. The van der Waals surface area contributed by atoms with Gasteiger partial charge in [0.1, 0.15) is 0 Å². The Labute approximate surface area is 232 Å². The second kappa shape index (κ2) is 44.4. The van der Waals surface area contributed by atoms with Gasteiger partial charge in [0.05, 0.1) is 0 Å². The fourth-order valence-electron chi connectivity index (χ4n) is 0. The molecule has 0 amide bonds. The maximum Gasteiger partial charge on any atom is 3.00 e. The van der Waals surface area contributed by atoms with Crippen LogP contribution in [-0.2, 0) is 28.8 Å². The van der Waals surface area contributed by atoms with Gasteiger partial charge in [-0.25, -0.2) is 0 Å². The Morgan fingerprint density at radius 3 is 0.346 bits per heavy atom. The molecule has 152 valence electrons. The van der Waals surface area contributed by atoms with E-state index in [0.29, 0.717) is 0 Å². The first-order valence-corrected chi connectivity index (χ1v) is 5.45. The van der Waals surface area contributed by atoms with Gasteiger partial charge in [-0.15, -0.1) is 0 Å². The van der Waals surface area contributed by atoms with E-state index in [-0.39, 0.29) is 98.8 Å². The van der Waals surface area contributed by atoms with Crippen LogP contribution in [0.5, 0.6) is 0 Å². The predicted molar refractivity (Wildman–Crippen MR) is 64.1 cm³/mol. The second-order valence-corrected chi connectivity index (χ2v) is 2.95. The molecule has 0 aliphatic rings. The van der Waals surface area contributed by atoms with Crippen molar-refractivity contribution >= 4 is 35.8 Å². The quantitative estimate of drug-likeness (QED) is 0.236. The SMILES string of the molecule is CC(=O)[O-].CC(=O)[O-].CC(=O)[O-].CC(=O)[O-].CC(=O)[O-].CC(=O)[O-].[Eu+3].[Eu+3]. The summed E-state index contributed by atoms with van der Waals surface area (Å²) in [5, 5.41) is 53.3. The number of carboxylic acid groups (broad SMARTS) is 6. The van der Waals surface area contributed by atoms with Gasteiger partial charge in [-0.05, 0) is 41.5 Å². The Kier molecular flexibility index (Phi) is 85.7. The minimum absolute atomic E-state index is 0. The van der Waals surface area contributed by atoms with Crippen molar-refractivity contribution < 1.29 is 158 Å². The number of carbonyl (C=O) groups is 6. The Hall–Kier alpha value is -0.0112. The predicted octanol–water partition coefficient (Wildman–Crippen LogP) is -7.46. The van der Waals surface area contributed by atoms with Crippen LogP contribution in [0.1, 0.15) is 41.5 Å². The average Bonchev–Trinajstić information content (AvgIpc) is 2.08. The van der Waals surface area contributed by atoms with E-state index in [1.807, 2.05) is 0 Å². The van der Waals surface area contributed by atoms with E-state index in [2.05, 4.69) is 0 Å². The van der Waals surface area contributed by atoms with Gasteiger partial charge in [-0.3, -0.25) is 0 Å². The molecule has 0 spiro atoms. The molecular weight excluding hydrogens is 640 g/mol. The summed E-state index contributed by atoms with van der Waals surface area (Å²) in [6.07, 6.45) is 0. The largest absolute Gasteiger partial charge is 3.00 e. The zero-order valence-corrected chi connectivity index (χ0v) is 19.5. The smallest absolute Gasteiger partial charge is 0.550 e. The van der Waals surface area contributed by atoms with Crippen molar-refractivity contribution in [3.8, 4) is 0 Å². The van der Waals surface area contributed by atoms with Crippen LogP contribution in [-0.4, -0.2) is 35.8 Å². The molecule has 0 saturated heterocycles. The van der Waals surface area contributed by atoms with Crippen molar-refractivity contribution in [2.24, 2.45) is 0 Å². The second-order valence-electron chi connectivity index (χ2n) is 2.95. The minimum Gasteiger partial charge on any atom is -0.550 e. The van der Waals surface area contributed by atoms with Gasteiger partial charge in [0.25, 0.3) is 0 Å². The zero-order chi connectivity index (χ0) is 21.5. The van der Waals surface area contributed by atoms with Gasteiger partial charge < -0.3 is 59.4 Å². The van der Waals surface area contributed by atoms with Crippen LogP contribution in [0.15, 0.2) is 0 Å². The maximum absolute atomic E-state index is 8.89. The molecule has 0 saturated carbocycles. The van der Waals surface area contributed by atoms with Crippen LogP contribution in [0.4, 0.5) is 0 Å². The van der Waals surface area contributed by atoms with E-state index in [9.17, 15) is 0 Å². The first kappa shape index (κ1) is 50.2. The molecule has 0 rings (SSSR count). The van der Waals surface area contributed by atoms with Gasteiger partial charge in [0.15, 0.2) is 0 Å². The summed E-state index contributed by atoms with van der Waals surface area (Å²) < 4.78 is 0. The van der Waals surface area contributed by atoms with Crippen molar-refractivity contribution in [3.63, 3.8) is 0 Å². The molecule has 0 aromatic rings. The third kappa shape index (κ3) is 102000000. The summed E-state index contributed by atoms with van der Waals surface area (Å²) in [6, 6.07) is 0. The molecule has 0 atom stereocenters. The van der Waals surface area contributed by atoms with Crippen LogP contribution in [0.3, 0.4) is 0 Å². The summed E-state index contributed by atoms with van der Waals surface area (Å²) in [5.74, 6) is -6.50. The minimum atomic E-state index is -1.08. The molecule has 0 fully saturated rings. The number of rotatable bonds is 0. The fraction of sp³-hybridized carbons (Fsp3) is 0.500. The van der Waals surface area contributed by atoms with Crippen LogP contribution >= 0.6 is 0 Å². The van der Waals surface area contributed by atoms with Gasteiger partial charge in [-0.1, -0.05) is 0 Å². The number of carboxylic acids is 6. The first-order valence-electron chi connectivity index (χ1n) is 5.45. The van der Waals surface area contributed by atoms with Crippen molar-refractivity contribution in [2.75, 3.05) is 0 Å². The van der Waals surface area contributed by atoms with Crippen LogP contribution in [0.2, 0.25) is 0 Å². The van der Waals surface area contributed by atoms with Crippen LogP contribution in [0, 0.1) is 98.8 Å². The molecule has 0 bridgehead atoms. The maximum atomic E-state index is 8.89. The molecule has 0 aliphatic heterocycles. The molecule has 0 aromatic carbocycles. The van der Waals surface area contributed by atoms with E-state index in [1.165, 1.54) is 0 Å². The van der Waals surface area contributed by atoms with E-state index >= 15 is 0 Å². The Morgan fingerprint density at radius 2 is 0.346 bits per heavy atom. The molecule has 26 heavy (non-hydrogen) atoms. The number of hydrogen-bond donors (Lipinski definition) is 0. The topological polar surface area (TPSA) is 241 Å². The summed E-state index contributed by atoms with van der Waals surface area (Å²) >= 11 is 0. The van der Waals surface area contributed by atoms with Gasteiger partial charge >= 0.3 is 98.8 Å². The van der Waals surface area contributed by atoms with Crippen LogP contribution in [0.25, 0.3) is 0 Å². The average molecular weight is 658 g/mol. The van der Waals surface area contributed by atoms with Crippen molar-refractivity contribution in [1.82, 2.24) is 0 Å². The molecule has 0 aromatic heterocycles. The fourth-order valence-corrected chi connectivity index (χ4v) is 0. The molecule has 12 nitrogen and oxygen atoms in total. The van der Waals surface area contributed by atoms with Gasteiger partial charge in [0.2, 0.25) is 0 Å². The third-order valence-corrected chi connectivity index (χ3v) is 0. The molecule has 14 heteroatoms. The van der Waals surface area contributed by atoms with Crippen LogP contribution < -0.4 is 30.6 Å². The zero-order valence-electron chi connectivity index (χ0n) is 14.7. The Balaban J connectivity index is -0.0000000245. The van der Waals surface area contributed by atoms with E-state index in [0.717, 1.165) is 41.5 Å². The van der Waals surface area contributed by atoms with E-state index in [4.69, 9.17) is 59.4 Å². The molecular formula is C12H18Eu2O12. The summed E-state index contributed by atoms with van der Waals surface area (Å²) in [4.78, 5) is 53.3. The van der Waals surface area contributed by atoms with E-state index < -0.39 is 35.8 Å². The molecule has 0 unspecified atom stereocenters. The first-order chi connectivity index (χ1) is 10.4. The normalized spacial score (nSPS) is 5.77. The van der Waals surface area contributed by atoms with Gasteiger partial charge in [0, 0.05) is 35.8 Å². The summed E-state index contributed by atoms with van der Waals surface area (Å²) in [6.45, 7) is 5.83. The van der Waals surface area contributed by atoms with Crippen molar-refractivity contribution in [2.45, 2.75) is 41.5 Å². The Morgan fingerprint density at radius 1 is 0.346 bits per heavy atom.